The molecule has 1 saturated carbocycles. The zero-order valence-electron chi connectivity index (χ0n) is 8.03. The number of nitrogens with zero attached hydrogens (tertiary/aromatic N) is 1. The Balaban J connectivity index is 1.78. The first-order valence-corrected chi connectivity index (χ1v) is 5.04. The Morgan fingerprint density at radius 1 is 1.43 bits per heavy atom. The minimum atomic E-state index is 0.0763. The highest BCUT2D eigenvalue weighted by Crippen LogP contribution is 2.23. The van der Waals surface area contributed by atoms with Crippen molar-refractivity contribution in [3.63, 3.8) is 0 Å². The van der Waals surface area contributed by atoms with Gasteiger partial charge in [0.2, 0.25) is 5.91 Å². The molecule has 0 spiro atoms. The summed E-state index contributed by atoms with van der Waals surface area (Å²) in [5.74, 6) is 0.243. The monoisotopic (exact) mass is 197 g/mol. The van der Waals surface area contributed by atoms with E-state index >= 15 is 0 Å². The van der Waals surface area contributed by atoms with E-state index in [4.69, 9.17) is 4.84 Å². The van der Waals surface area contributed by atoms with Gasteiger partial charge in [0.25, 0.3) is 0 Å². The summed E-state index contributed by atoms with van der Waals surface area (Å²) < 4.78 is 0. The van der Waals surface area contributed by atoms with Gasteiger partial charge in [-0.1, -0.05) is 19.3 Å². The summed E-state index contributed by atoms with van der Waals surface area (Å²) in [6.07, 6.45) is 8.70. The van der Waals surface area contributed by atoms with Crippen molar-refractivity contribution < 1.29 is 9.63 Å². The maximum atomic E-state index is 11.7. The average molecular weight is 197 g/mol. The van der Waals surface area contributed by atoms with Crippen LogP contribution in [0, 0.1) is 5.92 Å². The standard InChI is InChI=1S/C9H15N3O2/c13-9(8-4-2-1-3-5-8)10-12-6-7-14-11-12/h6-8,11H,1-5H2,(H,10,13). The van der Waals surface area contributed by atoms with Gasteiger partial charge in [-0.15, -0.1) is 0 Å². The highest BCUT2D eigenvalue weighted by molar-refractivity contribution is 5.78. The van der Waals surface area contributed by atoms with Crippen LogP contribution in [-0.2, 0) is 9.63 Å². The minimum absolute atomic E-state index is 0.0763. The molecule has 2 N–H and O–H groups in total. The number of hydrogen-bond donors (Lipinski definition) is 2. The van der Waals surface area contributed by atoms with Gasteiger partial charge in [0.05, 0.1) is 6.20 Å². The van der Waals surface area contributed by atoms with Crippen molar-refractivity contribution in [3.05, 3.63) is 12.5 Å². The van der Waals surface area contributed by atoms with Crippen LogP contribution in [0.1, 0.15) is 32.1 Å². The second-order valence-electron chi connectivity index (χ2n) is 3.68. The van der Waals surface area contributed by atoms with Gasteiger partial charge in [0, 0.05) is 5.92 Å². The average Bonchev–Trinajstić information content (AvgIpc) is 2.72. The molecule has 0 aromatic carbocycles. The van der Waals surface area contributed by atoms with Gasteiger partial charge in [-0.05, 0) is 18.4 Å². The van der Waals surface area contributed by atoms with Crippen LogP contribution in [0.5, 0.6) is 0 Å². The molecule has 1 heterocycles. The molecule has 2 rings (SSSR count). The van der Waals surface area contributed by atoms with Crippen LogP contribution in [0.2, 0.25) is 0 Å². The third kappa shape index (κ3) is 2.17. The number of carbonyl (C=O) groups excluding carboxylic acids is 1. The lowest BCUT2D eigenvalue weighted by Gasteiger charge is -2.23. The van der Waals surface area contributed by atoms with Gasteiger partial charge in [-0.2, -0.15) is 5.12 Å². The SMILES string of the molecule is O=C(NN1C=CON1)C1CCCCC1. The molecular formula is C9H15N3O2. The Hall–Kier alpha value is -1.23. The van der Waals surface area contributed by atoms with Crippen molar-refractivity contribution in [1.82, 2.24) is 16.1 Å². The molecule has 0 unspecified atom stereocenters. The first kappa shape index (κ1) is 9.33. The number of amides is 1. The molecule has 1 aliphatic heterocycles. The Morgan fingerprint density at radius 2 is 2.21 bits per heavy atom. The fourth-order valence-corrected chi connectivity index (χ4v) is 1.84. The summed E-state index contributed by atoms with van der Waals surface area (Å²) in [5.41, 5.74) is 5.24. The number of nitrogens with one attached hydrogen (secondary N) is 2. The predicted molar refractivity (Wildman–Crippen MR) is 49.9 cm³/mol. The van der Waals surface area contributed by atoms with Crippen LogP contribution in [0.15, 0.2) is 12.5 Å². The van der Waals surface area contributed by atoms with Crippen molar-refractivity contribution >= 4 is 5.91 Å². The fourth-order valence-electron chi connectivity index (χ4n) is 1.84. The quantitative estimate of drug-likeness (QED) is 0.688. The fraction of sp³-hybridized carbons (Fsp3) is 0.667. The van der Waals surface area contributed by atoms with Gasteiger partial charge >= 0.3 is 0 Å². The van der Waals surface area contributed by atoms with E-state index in [0.717, 1.165) is 25.7 Å². The van der Waals surface area contributed by atoms with E-state index in [1.807, 2.05) is 0 Å². The number of hydrogen-bond acceptors (Lipinski definition) is 4. The van der Waals surface area contributed by atoms with Gasteiger partial charge in [0.1, 0.15) is 6.26 Å². The van der Waals surface area contributed by atoms with Crippen LogP contribution in [0.25, 0.3) is 0 Å². The summed E-state index contributed by atoms with van der Waals surface area (Å²) in [7, 11) is 0. The Labute approximate surface area is 83.0 Å². The van der Waals surface area contributed by atoms with Gasteiger partial charge in [-0.25, -0.2) is 0 Å². The zero-order valence-corrected chi connectivity index (χ0v) is 8.03. The van der Waals surface area contributed by atoms with E-state index in [2.05, 4.69) is 11.0 Å². The number of hydrazine groups is 2. The molecule has 0 aromatic heterocycles. The Morgan fingerprint density at radius 3 is 2.86 bits per heavy atom. The van der Waals surface area contributed by atoms with Crippen molar-refractivity contribution in [2.45, 2.75) is 32.1 Å². The lowest BCUT2D eigenvalue weighted by atomic mass is 9.89. The molecule has 5 heteroatoms. The molecule has 1 amide bonds. The Bertz CT molecular complexity index is 236. The highest BCUT2D eigenvalue weighted by atomic mass is 16.7. The summed E-state index contributed by atoms with van der Waals surface area (Å²) in [5, 5.41) is 1.43. The lowest BCUT2D eigenvalue weighted by Crippen LogP contribution is -2.46. The molecule has 14 heavy (non-hydrogen) atoms. The molecule has 0 atom stereocenters. The van der Waals surface area contributed by atoms with E-state index in [1.165, 1.54) is 17.8 Å². The van der Waals surface area contributed by atoms with Crippen molar-refractivity contribution in [1.29, 1.82) is 0 Å². The van der Waals surface area contributed by atoms with E-state index in [1.54, 1.807) is 6.20 Å². The smallest absolute Gasteiger partial charge is 0.242 e. The zero-order chi connectivity index (χ0) is 9.80. The lowest BCUT2D eigenvalue weighted by molar-refractivity contribution is -0.133. The summed E-state index contributed by atoms with van der Waals surface area (Å²) in [4.78, 5) is 16.4. The van der Waals surface area contributed by atoms with Gasteiger partial charge in [-0.3, -0.25) is 10.2 Å². The molecular weight excluding hydrogens is 182 g/mol. The van der Waals surface area contributed by atoms with Crippen molar-refractivity contribution in [3.8, 4) is 0 Å². The minimum Gasteiger partial charge on any atom is -0.394 e. The summed E-state index contributed by atoms with van der Waals surface area (Å²) >= 11 is 0. The molecule has 0 saturated heterocycles. The molecule has 0 aromatic rings. The normalized spacial score (nSPS) is 22.1. The van der Waals surface area contributed by atoms with E-state index in [9.17, 15) is 4.79 Å². The molecule has 0 bridgehead atoms. The second-order valence-corrected chi connectivity index (χ2v) is 3.68. The number of rotatable bonds is 2. The first-order chi connectivity index (χ1) is 6.86. The van der Waals surface area contributed by atoms with Crippen LogP contribution in [0.3, 0.4) is 0 Å². The van der Waals surface area contributed by atoms with E-state index in [-0.39, 0.29) is 11.8 Å². The Kier molecular flexibility index (Phi) is 2.88. The van der Waals surface area contributed by atoms with Gasteiger partial charge in [0.15, 0.2) is 0 Å². The van der Waals surface area contributed by atoms with Crippen LogP contribution < -0.4 is 11.0 Å². The van der Waals surface area contributed by atoms with Crippen LogP contribution in [-0.4, -0.2) is 11.0 Å². The molecule has 1 aliphatic carbocycles. The maximum absolute atomic E-state index is 11.7. The van der Waals surface area contributed by atoms with Gasteiger partial charge < -0.3 is 4.84 Å². The summed E-state index contributed by atoms with van der Waals surface area (Å²) in [6, 6.07) is 0. The second kappa shape index (κ2) is 4.32. The maximum Gasteiger partial charge on any atom is 0.242 e. The number of carbonyl (C=O) groups is 1. The van der Waals surface area contributed by atoms with Crippen LogP contribution >= 0.6 is 0 Å². The third-order valence-corrected chi connectivity index (χ3v) is 2.64. The van der Waals surface area contributed by atoms with Crippen molar-refractivity contribution in [2.75, 3.05) is 0 Å². The molecule has 78 valence electrons. The highest BCUT2D eigenvalue weighted by Gasteiger charge is 2.22. The molecule has 5 nitrogen and oxygen atoms in total. The first-order valence-electron chi connectivity index (χ1n) is 5.04. The molecule has 0 radical (unpaired) electrons. The molecule has 2 aliphatic rings. The van der Waals surface area contributed by atoms with E-state index in [0.29, 0.717) is 0 Å². The largest absolute Gasteiger partial charge is 0.394 e. The van der Waals surface area contributed by atoms with E-state index < -0.39 is 0 Å². The topological polar surface area (TPSA) is 53.6 Å². The predicted octanol–water partition coefficient (Wildman–Crippen LogP) is 0.821. The third-order valence-electron chi connectivity index (χ3n) is 2.64. The van der Waals surface area contributed by atoms with Crippen molar-refractivity contribution in [2.24, 2.45) is 5.92 Å². The molecule has 1 fully saturated rings. The summed E-state index contributed by atoms with van der Waals surface area (Å²) in [6.45, 7) is 0. The van der Waals surface area contributed by atoms with Crippen LogP contribution in [0.4, 0.5) is 0 Å².